The molecular formula is C37H49ClN2O10S. The molecule has 12 nitrogen and oxygen atoms in total. The standard InChI is InChI=1S/C25H38O5.C12H11ClN2O5S/c1-6-25(4,5)24(28)30-21-12-15(2)11-17-8-7-16(3)20(23(17)21)10-9-19-13-18(26)14-22(27)29-19;13-9-5-10(15-6-7-2-1-3-20-7)8(12(16)17)4-11(9)21(14,18)19/h7-8,11,15-16,18-21,23,26H,6,9-10,12-14H2,1-5H3;1-5,15H,6H2,(H,16,17)(H2,14,18,19)/t15-,16-,18+,19+,20-,21-,23-;/m0./s1. The number of ether oxygens (including phenoxy) is 2. The van der Waals surface area contributed by atoms with E-state index in [0.717, 1.165) is 31.7 Å². The molecule has 1 aliphatic heterocycles. The lowest BCUT2D eigenvalue weighted by Gasteiger charge is -2.44. The van der Waals surface area contributed by atoms with Crippen molar-refractivity contribution in [3.05, 3.63) is 70.7 Å². The number of rotatable bonds is 11. The van der Waals surface area contributed by atoms with Crippen LogP contribution in [-0.2, 0) is 35.6 Å². The number of carbonyl (C=O) groups excluding carboxylic acids is 2. The zero-order valence-corrected chi connectivity index (χ0v) is 31.2. The lowest BCUT2D eigenvalue weighted by molar-refractivity contribution is -0.166. The van der Waals surface area contributed by atoms with Crippen molar-refractivity contribution in [3.8, 4) is 0 Å². The average Bonchev–Trinajstić information content (AvgIpc) is 3.56. The van der Waals surface area contributed by atoms with Crippen LogP contribution in [0.15, 0.2) is 63.6 Å². The van der Waals surface area contributed by atoms with Crippen LogP contribution in [0.25, 0.3) is 0 Å². The summed E-state index contributed by atoms with van der Waals surface area (Å²) < 4.78 is 39.4. The number of fused-ring (bicyclic) bond motifs is 1. The van der Waals surface area contributed by atoms with Gasteiger partial charge in [0, 0.05) is 12.3 Å². The number of cyclic esters (lactones) is 1. The van der Waals surface area contributed by atoms with Gasteiger partial charge < -0.3 is 29.4 Å². The Morgan fingerprint density at radius 2 is 1.90 bits per heavy atom. The highest BCUT2D eigenvalue weighted by atomic mass is 35.5. The summed E-state index contributed by atoms with van der Waals surface area (Å²) in [7, 11) is -4.11. The maximum absolute atomic E-state index is 12.9. The number of sulfonamides is 1. The number of aromatic carboxylic acids is 1. The Hall–Kier alpha value is -3.65. The van der Waals surface area contributed by atoms with Crippen molar-refractivity contribution in [3.63, 3.8) is 0 Å². The number of anilines is 1. The van der Waals surface area contributed by atoms with Gasteiger partial charge in [0.1, 0.15) is 22.9 Å². The fourth-order valence-electron chi connectivity index (χ4n) is 6.77. The second-order valence-corrected chi connectivity index (χ2v) is 16.3. The van der Waals surface area contributed by atoms with E-state index in [0.29, 0.717) is 29.9 Å². The van der Waals surface area contributed by atoms with Crippen LogP contribution in [-0.4, -0.2) is 54.9 Å². The van der Waals surface area contributed by atoms with Gasteiger partial charge in [0.2, 0.25) is 10.0 Å². The van der Waals surface area contributed by atoms with Gasteiger partial charge in [-0.25, -0.2) is 18.4 Å². The van der Waals surface area contributed by atoms with Gasteiger partial charge in [-0.15, -0.1) is 0 Å². The number of carbonyl (C=O) groups is 3. The smallest absolute Gasteiger partial charge is 0.337 e. The Morgan fingerprint density at radius 3 is 2.51 bits per heavy atom. The summed E-state index contributed by atoms with van der Waals surface area (Å²) in [6.45, 7) is 10.5. The molecule has 7 atom stereocenters. The number of aliphatic hydroxyl groups excluding tert-OH is 1. The molecule has 3 aliphatic rings. The molecule has 1 saturated heterocycles. The van der Waals surface area contributed by atoms with Gasteiger partial charge >= 0.3 is 17.9 Å². The van der Waals surface area contributed by atoms with Gasteiger partial charge in [0.05, 0.1) is 47.0 Å². The molecule has 2 aliphatic carbocycles. The van der Waals surface area contributed by atoms with E-state index < -0.39 is 32.4 Å². The third kappa shape index (κ3) is 10.5. The molecule has 0 unspecified atom stereocenters. The van der Waals surface area contributed by atoms with E-state index in [4.69, 9.17) is 35.7 Å². The summed E-state index contributed by atoms with van der Waals surface area (Å²) in [5.41, 5.74) is 0.693. The highest BCUT2D eigenvalue weighted by Crippen LogP contribution is 2.45. The number of furan rings is 1. The molecule has 0 bridgehead atoms. The normalized spacial score (nSPS) is 26.2. The van der Waals surface area contributed by atoms with Gasteiger partial charge in [0.15, 0.2) is 0 Å². The molecule has 51 heavy (non-hydrogen) atoms. The van der Waals surface area contributed by atoms with E-state index >= 15 is 0 Å². The molecule has 1 fully saturated rings. The van der Waals surface area contributed by atoms with Gasteiger partial charge in [0.25, 0.3) is 0 Å². The molecule has 280 valence electrons. The maximum Gasteiger partial charge on any atom is 0.337 e. The third-order valence-electron chi connectivity index (χ3n) is 9.99. The van der Waals surface area contributed by atoms with Crippen LogP contribution in [0.3, 0.4) is 0 Å². The van der Waals surface area contributed by atoms with Crippen LogP contribution in [0.2, 0.25) is 5.02 Å². The van der Waals surface area contributed by atoms with Gasteiger partial charge in [-0.2, -0.15) is 0 Å². The fraction of sp³-hybridized carbons (Fsp3) is 0.541. The zero-order chi connectivity index (χ0) is 37.7. The number of allylic oxidation sites excluding steroid dienone is 3. The van der Waals surface area contributed by atoms with Crippen molar-refractivity contribution < 1.29 is 46.9 Å². The predicted octanol–water partition coefficient (Wildman–Crippen LogP) is 6.48. The summed E-state index contributed by atoms with van der Waals surface area (Å²) in [5, 5.41) is 26.7. The molecule has 1 aromatic carbocycles. The first-order valence-electron chi connectivity index (χ1n) is 17.2. The van der Waals surface area contributed by atoms with Crippen molar-refractivity contribution in [2.75, 3.05) is 5.32 Å². The number of hydrogen-bond acceptors (Lipinski definition) is 10. The monoisotopic (exact) mass is 748 g/mol. The van der Waals surface area contributed by atoms with Gasteiger partial charge in [-0.1, -0.05) is 50.6 Å². The molecule has 14 heteroatoms. The minimum atomic E-state index is -4.11. The number of hydrogen-bond donors (Lipinski definition) is 4. The van der Waals surface area contributed by atoms with Gasteiger partial charge in [-0.3, -0.25) is 9.59 Å². The van der Waals surface area contributed by atoms with E-state index in [-0.39, 0.29) is 59.3 Å². The molecule has 5 rings (SSSR count). The first-order chi connectivity index (χ1) is 23.9. The zero-order valence-electron chi connectivity index (χ0n) is 29.6. The van der Waals surface area contributed by atoms with E-state index in [9.17, 15) is 27.9 Å². The largest absolute Gasteiger partial charge is 0.478 e. The Balaban J connectivity index is 0.000000244. The van der Waals surface area contributed by atoms with Crippen LogP contribution >= 0.6 is 11.6 Å². The Bertz CT molecular complexity index is 1740. The number of carboxylic acid groups (broad SMARTS) is 1. The summed E-state index contributed by atoms with van der Waals surface area (Å²) in [5.74, 6) is 0.0504. The molecule has 0 radical (unpaired) electrons. The number of halogens is 1. The summed E-state index contributed by atoms with van der Waals surface area (Å²) in [4.78, 5) is 35.4. The topological polar surface area (TPSA) is 195 Å². The highest BCUT2D eigenvalue weighted by Gasteiger charge is 2.43. The summed E-state index contributed by atoms with van der Waals surface area (Å²) in [6, 6.07) is 5.51. The number of esters is 2. The van der Waals surface area contributed by atoms with E-state index in [1.165, 1.54) is 17.9 Å². The van der Waals surface area contributed by atoms with Crippen LogP contribution < -0.4 is 10.5 Å². The summed E-state index contributed by atoms with van der Waals surface area (Å²) >= 11 is 5.84. The lowest BCUT2D eigenvalue weighted by atomic mass is 9.65. The maximum atomic E-state index is 12.9. The van der Waals surface area contributed by atoms with E-state index in [1.54, 1.807) is 12.1 Å². The Kier molecular flexibility index (Phi) is 13.2. The SMILES string of the molecule is CCC(C)(C)C(=O)O[C@H]1C[C@@H](C)C=C2C=C[C@H](C)[C@H](CC[C@@H]3C[C@@H](O)CC(=O)O3)[C@H]21.NS(=O)(=O)c1cc(C(=O)O)c(NCc2ccco2)cc1Cl. The van der Waals surface area contributed by atoms with Crippen molar-refractivity contribution >= 4 is 45.2 Å². The highest BCUT2D eigenvalue weighted by molar-refractivity contribution is 7.89. The molecule has 0 amide bonds. The minimum absolute atomic E-state index is 0.0949. The Morgan fingerprint density at radius 1 is 1.18 bits per heavy atom. The minimum Gasteiger partial charge on any atom is -0.478 e. The number of benzene rings is 1. The quantitative estimate of drug-likeness (QED) is 0.184. The van der Waals surface area contributed by atoms with Crippen LogP contribution in [0.4, 0.5) is 5.69 Å². The van der Waals surface area contributed by atoms with Crippen LogP contribution in [0, 0.1) is 29.1 Å². The van der Waals surface area contributed by atoms with E-state index in [1.807, 2.05) is 20.8 Å². The third-order valence-corrected chi connectivity index (χ3v) is 11.4. The van der Waals surface area contributed by atoms with Crippen molar-refractivity contribution in [2.24, 2.45) is 34.2 Å². The average molecular weight is 749 g/mol. The van der Waals surface area contributed by atoms with Crippen LogP contribution in [0.1, 0.15) is 89.3 Å². The number of aliphatic hydroxyl groups is 1. The number of nitrogens with one attached hydrogen (secondary N) is 1. The summed E-state index contributed by atoms with van der Waals surface area (Å²) in [6.07, 6.45) is 11.1. The fourth-order valence-corrected chi connectivity index (χ4v) is 7.87. The predicted molar refractivity (Wildman–Crippen MR) is 191 cm³/mol. The van der Waals surface area contributed by atoms with E-state index in [2.05, 4.69) is 37.4 Å². The van der Waals surface area contributed by atoms with Crippen molar-refractivity contribution in [2.45, 2.75) is 103 Å². The molecule has 0 saturated carbocycles. The molecule has 1 aromatic heterocycles. The first-order valence-corrected chi connectivity index (χ1v) is 19.2. The second kappa shape index (κ2) is 16.8. The molecule has 5 N–H and O–H groups in total. The van der Waals surface area contributed by atoms with Gasteiger partial charge in [-0.05, 0) is 87.1 Å². The lowest BCUT2D eigenvalue weighted by Crippen LogP contribution is -2.43. The Labute approximate surface area is 304 Å². The van der Waals surface area contributed by atoms with Crippen LogP contribution in [0.5, 0.6) is 0 Å². The number of nitrogens with two attached hydrogens (primary N) is 1. The van der Waals surface area contributed by atoms with Crippen molar-refractivity contribution in [1.29, 1.82) is 0 Å². The molecule has 2 heterocycles. The second-order valence-electron chi connectivity index (χ2n) is 14.4. The number of primary sulfonamides is 1. The number of carboxylic acids is 1. The first kappa shape index (κ1) is 40.1. The molecule has 2 aromatic rings. The molecular weight excluding hydrogens is 700 g/mol. The van der Waals surface area contributed by atoms with Crippen molar-refractivity contribution in [1.82, 2.24) is 0 Å². The molecule has 0 spiro atoms.